The normalized spacial score (nSPS) is 13.7. The van der Waals surface area contributed by atoms with E-state index in [0.717, 1.165) is 0 Å². The van der Waals surface area contributed by atoms with Gasteiger partial charge in [0.2, 0.25) is 0 Å². The van der Waals surface area contributed by atoms with Gasteiger partial charge in [-0.3, -0.25) is 4.79 Å². The maximum absolute atomic E-state index is 12.5. The molecular weight excluding hydrogens is 538 g/mol. The van der Waals surface area contributed by atoms with Crippen LogP contribution in [-0.2, 0) is 34.9 Å². The fourth-order valence-corrected chi connectivity index (χ4v) is 2.78. The highest BCUT2D eigenvalue weighted by Gasteiger charge is 2.27. The first-order valence-electron chi connectivity index (χ1n) is 13.7. The Morgan fingerprint density at radius 2 is 1.32 bits per heavy atom. The first-order valence-corrected chi connectivity index (χ1v) is 13.7. The molecule has 12 heteroatoms. The number of carbonyl (C=O) groups is 4. The molecule has 0 spiro atoms. The summed E-state index contributed by atoms with van der Waals surface area (Å²) in [7, 11) is 0. The largest absolute Gasteiger partial charge is 0.514 e. The van der Waals surface area contributed by atoms with E-state index >= 15 is 0 Å². The molecule has 0 fully saturated rings. The summed E-state index contributed by atoms with van der Waals surface area (Å²) in [6.07, 6.45) is -2.23. The van der Waals surface area contributed by atoms with Gasteiger partial charge in [0.15, 0.2) is 11.5 Å². The van der Waals surface area contributed by atoms with Crippen LogP contribution >= 0.6 is 0 Å². The zero-order valence-electron chi connectivity index (χ0n) is 25.6. The molecule has 0 heterocycles. The minimum absolute atomic E-state index is 0.0120. The molecule has 0 amide bonds. The highest BCUT2D eigenvalue weighted by atomic mass is 16.8. The number of nitrogens with two attached hydrogens (primary N) is 1. The van der Waals surface area contributed by atoms with Crippen molar-refractivity contribution >= 4 is 24.4 Å². The molecule has 0 aliphatic rings. The van der Waals surface area contributed by atoms with E-state index in [-0.39, 0.29) is 30.6 Å². The third kappa shape index (κ3) is 13.6. The Bertz CT molecular complexity index is 1040. The number of rotatable bonds is 14. The van der Waals surface area contributed by atoms with Crippen molar-refractivity contribution in [2.75, 3.05) is 6.61 Å². The summed E-state index contributed by atoms with van der Waals surface area (Å²) in [6.45, 7) is 15.5. The van der Waals surface area contributed by atoms with Crippen molar-refractivity contribution in [2.24, 2.45) is 5.73 Å². The van der Waals surface area contributed by atoms with Gasteiger partial charge in [-0.15, -0.1) is 0 Å². The zero-order chi connectivity index (χ0) is 31.4. The van der Waals surface area contributed by atoms with Gasteiger partial charge in [0, 0.05) is 0 Å². The van der Waals surface area contributed by atoms with Crippen LogP contribution in [0.5, 0.6) is 11.5 Å². The van der Waals surface area contributed by atoms with Crippen LogP contribution in [0.3, 0.4) is 0 Å². The first-order chi connectivity index (χ1) is 19.0. The molecule has 0 radical (unpaired) electrons. The van der Waals surface area contributed by atoms with Crippen LogP contribution in [0.25, 0.3) is 0 Å². The number of benzene rings is 1. The lowest BCUT2D eigenvalue weighted by Crippen LogP contribution is -2.37. The Morgan fingerprint density at radius 3 is 1.83 bits per heavy atom. The summed E-state index contributed by atoms with van der Waals surface area (Å²) in [6, 6.07) is 3.23. The van der Waals surface area contributed by atoms with Crippen LogP contribution in [0.4, 0.5) is 14.4 Å². The third-order valence-corrected chi connectivity index (χ3v) is 6.20. The van der Waals surface area contributed by atoms with Crippen LogP contribution in [0.1, 0.15) is 87.1 Å². The van der Waals surface area contributed by atoms with E-state index in [1.807, 2.05) is 20.8 Å². The van der Waals surface area contributed by atoms with Crippen molar-refractivity contribution in [1.82, 2.24) is 0 Å². The van der Waals surface area contributed by atoms with Crippen LogP contribution < -0.4 is 15.2 Å². The van der Waals surface area contributed by atoms with Crippen LogP contribution in [0, 0.1) is 0 Å². The molecule has 0 aliphatic heterocycles. The van der Waals surface area contributed by atoms with Crippen molar-refractivity contribution in [3.05, 3.63) is 23.8 Å². The van der Waals surface area contributed by atoms with E-state index in [1.54, 1.807) is 47.6 Å². The highest BCUT2D eigenvalue weighted by Crippen LogP contribution is 2.31. The van der Waals surface area contributed by atoms with E-state index in [9.17, 15) is 19.2 Å². The fraction of sp³-hybridized carbons (Fsp3) is 0.655. The Balaban J connectivity index is 2.96. The standard InChI is InChI=1S/C29H45NO11/c1-10-18(4)37-25(32)35-17-19(5)36-24(31)21(30)15-20-13-14-22(38-26(33)40-28(6,7)11-2)23(16-20)39-27(34)41-29(8,9)12-3/h13-14,16,18-19,21H,10-12,15,17,30H2,1-9H3/t18?,19-,21-/m0/s1. The van der Waals surface area contributed by atoms with Crippen LogP contribution in [0.2, 0.25) is 0 Å². The molecule has 1 aromatic carbocycles. The zero-order valence-corrected chi connectivity index (χ0v) is 25.6. The first kappa shape index (κ1) is 35.5. The molecule has 1 aromatic rings. The highest BCUT2D eigenvalue weighted by molar-refractivity contribution is 5.76. The fourth-order valence-electron chi connectivity index (χ4n) is 2.78. The van der Waals surface area contributed by atoms with Crippen LogP contribution in [-0.4, -0.2) is 60.5 Å². The molecule has 1 unspecified atom stereocenters. The lowest BCUT2D eigenvalue weighted by molar-refractivity contribution is -0.152. The van der Waals surface area contributed by atoms with Gasteiger partial charge in [0.05, 0.1) is 0 Å². The number of esters is 1. The lowest BCUT2D eigenvalue weighted by Gasteiger charge is -2.24. The summed E-state index contributed by atoms with van der Waals surface area (Å²) in [4.78, 5) is 49.1. The summed E-state index contributed by atoms with van der Waals surface area (Å²) >= 11 is 0. The van der Waals surface area contributed by atoms with Gasteiger partial charge in [0.25, 0.3) is 0 Å². The number of hydrogen-bond acceptors (Lipinski definition) is 12. The van der Waals surface area contributed by atoms with Gasteiger partial charge in [-0.05, 0) is 84.9 Å². The van der Waals surface area contributed by atoms with E-state index in [2.05, 4.69) is 0 Å². The second-order valence-electron chi connectivity index (χ2n) is 10.9. The maximum atomic E-state index is 12.5. The number of hydrogen-bond donors (Lipinski definition) is 1. The molecule has 0 saturated heterocycles. The van der Waals surface area contributed by atoms with Gasteiger partial charge < -0.3 is 38.9 Å². The summed E-state index contributed by atoms with van der Waals surface area (Å²) in [5.74, 6) is -0.968. The Kier molecular flexibility index (Phi) is 13.9. The van der Waals surface area contributed by atoms with Crippen LogP contribution in [0.15, 0.2) is 18.2 Å². The van der Waals surface area contributed by atoms with Gasteiger partial charge in [-0.25, -0.2) is 14.4 Å². The molecule has 0 bridgehead atoms. The Morgan fingerprint density at radius 1 is 0.780 bits per heavy atom. The van der Waals surface area contributed by atoms with Gasteiger partial charge in [0.1, 0.15) is 36.1 Å². The minimum Gasteiger partial charge on any atom is -0.458 e. The van der Waals surface area contributed by atoms with Crippen molar-refractivity contribution in [3.8, 4) is 11.5 Å². The number of ether oxygens (including phenoxy) is 7. The van der Waals surface area contributed by atoms with Gasteiger partial charge in [-0.2, -0.15) is 0 Å². The summed E-state index contributed by atoms with van der Waals surface area (Å²) in [5.41, 5.74) is 4.96. The van der Waals surface area contributed by atoms with E-state index in [1.165, 1.54) is 12.1 Å². The lowest BCUT2D eigenvalue weighted by atomic mass is 10.1. The second-order valence-corrected chi connectivity index (χ2v) is 10.9. The maximum Gasteiger partial charge on any atom is 0.514 e. The second kappa shape index (κ2) is 16.0. The van der Waals surface area contributed by atoms with Gasteiger partial charge >= 0.3 is 24.4 Å². The molecule has 0 saturated carbocycles. The Hall–Kier alpha value is -3.54. The molecule has 0 aromatic heterocycles. The molecule has 41 heavy (non-hydrogen) atoms. The topological polar surface area (TPSA) is 159 Å². The summed E-state index contributed by atoms with van der Waals surface area (Å²) < 4.78 is 36.6. The predicted octanol–water partition coefficient (Wildman–Crippen LogP) is 5.85. The SMILES string of the molecule is CCC(C)OC(=O)OC[C@H](C)OC(=O)[C@@H](N)Cc1ccc(OC(=O)OC(C)(C)CC)c(OC(=O)OC(C)(C)CC)c1. The molecule has 3 atom stereocenters. The monoisotopic (exact) mass is 583 g/mol. The molecule has 1 rings (SSSR count). The van der Waals surface area contributed by atoms with Crippen molar-refractivity contribution in [1.29, 1.82) is 0 Å². The molecule has 12 nitrogen and oxygen atoms in total. The number of carbonyl (C=O) groups excluding carboxylic acids is 4. The average molecular weight is 584 g/mol. The smallest absolute Gasteiger partial charge is 0.458 e. The summed E-state index contributed by atoms with van der Waals surface area (Å²) in [5, 5.41) is 0. The molecule has 0 aliphatic carbocycles. The quantitative estimate of drug-likeness (QED) is 0.158. The molecular formula is C29H45NO11. The van der Waals surface area contributed by atoms with E-state index in [4.69, 9.17) is 38.9 Å². The molecule has 2 N–H and O–H groups in total. The van der Waals surface area contributed by atoms with E-state index < -0.39 is 47.8 Å². The average Bonchev–Trinajstić information content (AvgIpc) is 2.88. The van der Waals surface area contributed by atoms with Gasteiger partial charge in [-0.1, -0.05) is 26.8 Å². The van der Waals surface area contributed by atoms with Crippen molar-refractivity contribution in [2.45, 2.75) is 117 Å². The third-order valence-electron chi connectivity index (χ3n) is 6.20. The minimum atomic E-state index is -1.11. The van der Waals surface area contributed by atoms with Crippen molar-refractivity contribution in [3.63, 3.8) is 0 Å². The predicted molar refractivity (Wildman–Crippen MR) is 149 cm³/mol. The van der Waals surface area contributed by atoms with Crippen molar-refractivity contribution < 1.29 is 52.3 Å². The Labute approximate surface area is 242 Å². The van der Waals surface area contributed by atoms with E-state index in [0.29, 0.717) is 24.8 Å². The molecule has 232 valence electrons.